The summed E-state index contributed by atoms with van der Waals surface area (Å²) >= 11 is 12.1. The van der Waals surface area contributed by atoms with Gasteiger partial charge in [0.25, 0.3) is 5.24 Å². The van der Waals surface area contributed by atoms with E-state index in [9.17, 15) is 4.79 Å². The van der Waals surface area contributed by atoms with Crippen LogP contribution in [0.3, 0.4) is 0 Å². The molecule has 1 aromatic carbocycles. The van der Waals surface area contributed by atoms with E-state index in [-0.39, 0.29) is 5.24 Å². The first kappa shape index (κ1) is 10.9. The Morgan fingerprint density at radius 1 is 1.40 bits per heavy atom. The Morgan fingerprint density at radius 2 is 2.07 bits per heavy atom. The number of hydrogen-bond acceptors (Lipinski definition) is 3. The molecule has 2 nitrogen and oxygen atoms in total. The van der Waals surface area contributed by atoms with Crippen molar-refractivity contribution in [1.82, 2.24) is 4.90 Å². The molecule has 1 saturated heterocycles. The van der Waals surface area contributed by atoms with Gasteiger partial charge in [0, 0.05) is 5.02 Å². The second-order valence-electron chi connectivity index (χ2n) is 3.16. The molecule has 0 aliphatic carbocycles. The van der Waals surface area contributed by atoms with E-state index in [4.69, 9.17) is 23.8 Å². The predicted octanol–water partition coefficient (Wildman–Crippen LogP) is 3.34. The molecule has 15 heavy (non-hydrogen) atoms. The Bertz CT molecular complexity index is 388. The Balaban J connectivity index is 2.11. The fourth-order valence-corrected chi connectivity index (χ4v) is 2.55. The molecule has 5 heteroatoms. The summed E-state index contributed by atoms with van der Waals surface area (Å²) in [5.74, 6) is 0.627. The van der Waals surface area contributed by atoms with Gasteiger partial charge in [-0.15, -0.1) is 0 Å². The molecule has 1 fully saturated rings. The molecule has 0 spiro atoms. The first-order valence-electron chi connectivity index (χ1n) is 4.38. The molecule has 1 amide bonds. The van der Waals surface area contributed by atoms with E-state index in [1.165, 1.54) is 11.8 Å². The van der Waals surface area contributed by atoms with E-state index < -0.39 is 0 Å². The molecule has 0 atom stereocenters. The fourth-order valence-electron chi connectivity index (χ4n) is 1.31. The lowest BCUT2D eigenvalue weighted by Gasteiger charge is -2.14. The zero-order valence-corrected chi connectivity index (χ0v) is 10.2. The van der Waals surface area contributed by atoms with E-state index in [0.29, 0.717) is 22.3 Å². The topological polar surface area (TPSA) is 20.3 Å². The van der Waals surface area contributed by atoms with Crippen LogP contribution in [0.2, 0.25) is 5.02 Å². The van der Waals surface area contributed by atoms with Gasteiger partial charge in [-0.05, 0) is 17.7 Å². The van der Waals surface area contributed by atoms with Gasteiger partial charge in [-0.25, -0.2) is 0 Å². The number of rotatable bonds is 2. The fraction of sp³-hybridized carbons (Fsp3) is 0.200. The Morgan fingerprint density at radius 3 is 2.60 bits per heavy atom. The van der Waals surface area contributed by atoms with Gasteiger partial charge in [0.2, 0.25) is 0 Å². The Kier molecular flexibility index (Phi) is 3.29. The normalized spacial score (nSPS) is 16.2. The third-order valence-electron chi connectivity index (χ3n) is 2.09. The van der Waals surface area contributed by atoms with Crippen LogP contribution in [0, 0.1) is 0 Å². The zero-order chi connectivity index (χ0) is 10.8. The van der Waals surface area contributed by atoms with Crippen molar-refractivity contribution in [2.45, 2.75) is 6.54 Å². The first-order chi connectivity index (χ1) is 7.16. The summed E-state index contributed by atoms with van der Waals surface area (Å²) in [5.41, 5.74) is 1.04. The minimum absolute atomic E-state index is 0.0370. The van der Waals surface area contributed by atoms with Crippen molar-refractivity contribution in [3.8, 4) is 0 Å². The number of halogens is 1. The van der Waals surface area contributed by atoms with E-state index in [1.54, 1.807) is 4.90 Å². The van der Waals surface area contributed by atoms with Gasteiger partial charge < -0.3 is 0 Å². The van der Waals surface area contributed by atoms with Gasteiger partial charge in [-0.1, -0.05) is 47.7 Å². The number of hydrogen-bond donors (Lipinski definition) is 0. The number of benzene rings is 1. The third kappa shape index (κ3) is 2.51. The number of carbonyl (C=O) groups is 1. The van der Waals surface area contributed by atoms with E-state index in [2.05, 4.69) is 0 Å². The van der Waals surface area contributed by atoms with Crippen LogP contribution in [0.4, 0.5) is 4.79 Å². The summed E-state index contributed by atoms with van der Waals surface area (Å²) in [6.45, 7) is 0.543. The average molecular weight is 258 g/mol. The first-order valence-corrected chi connectivity index (χ1v) is 6.15. The molecule has 1 aliphatic heterocycles. The Labute approximate surface area is 103 Å². The van der Waals surface area contributed by atoms with Crippen LogP contribution in [0.5, 0.6) is 0 Å². The van der Waals surface area contributed by atoms with Gasteiger partial charge in [-0.2, -0.15) is 0 Å². The summed E-state index contributed by atoms with van der Waals surface area (Å²) in [6, 6.07) is 7.43. The number of thioether (sulfide) groups is 1. The lowest BCUT2D eigenvalue weighted by atomic mass is 10.2. The van der Waals surface area contributed by atoms with Crippen molar-refractivity contribution in [2.24, 2.45) is 0 Å². The summed E-state index contributed by atoms with van der Waals surface area (Å²) in [4.78, 5) is 13.8. The molecule has 78 valence electrons. The lowest BCUT2D eigenvalue weighted by molar-refractivity contribution is 0.244. The van der Waals surface area contributed by atoms with Crippen LogP contribution < -0.4 is 0 Å². The average Bonchev–Trinajstić information content (AvgIpc) is 2.53. The van der Waals surface area contributed by atoms with Crippen LogP contribution in [0.1, 0.15) is 5.56 Å². The van der Waals surface area contributed by atoms with Crippen LogP contribution in [-0.2, 0) is 6.54 Å². The molecule has 0 unspecified atom stereocenters. The molecule has 0 N–H and O–H groups in total. The monoisotopic (exact) mass is 257 g/mol. The molecular weight excluding hydrogens is 250 g/mol. The molecular formula is C10H8ClNOS2. The van der Waals surface area contributed by atoms with Crippen molar-refractivity contribution < 1.29 is 4.79 Å². The second kappa shape index (κ2) is 4.51. The van der Waals surface area contributed by atoms with E-state index in [0.717, 1.165) is 5.56 Å². The molecule has 0 aromatic heterocycles. The SMILES string of the molecule is O=C1SCC(=S)N1Cc1ccc(Cl)cc1. The van der Waals surface area contributed by atoms with Crippen molar-refractivity contribution in [1.29, 1.82) is 0 Å². The second-order valence-corrected chi connectivity index (χ2v) is 5.00. The number of nitrogens with zero attached hydrogens (tertiary/aromatic N) is 1. The molecule has 0 bridgehead atoms. The highest BCUT2D eigenvalue weighted by atomic mass is 35.5. The molecule has 0 saturated carbocycles. The number of amides is 1. The predicted molar refractivity (Wildman–Crippen MR) is 67.4 cm³/mol. The number of carbonyl (C=O) groups excluding carboxylic acids is 1. The molecule has 1 aromatic rings. The van der Waals surface area contributed by atoms with Crippen molar-refractivity contribution in [3.63, 3.8) is 0 Å². The summed E-state index contributed by atoms with van der Waals surface area (Å²) in [6.07, 6.45) is 0. The van der Waals surface area contributed by atoms with Crippen LogP contribution in [0.15, 0.2) is 24.3 Å². The molecule has 2 rings (SSSR count). The summed E-state index contributed by atoms with van der Waals surface area (Å²) < 4.78 is 0. The summed E-state index contributed by atoms with van der Waals surface area (Å²) in [5, 5.41) is 0.735. The van der Waals surface area contributed by atoms with Gasteiger partial charge in [0.15, 0.2) is 0 Å². The molecule has 0 radical (unpaired) electrons. The highest BCUT2D eigenvalue weighted by molar-refractivity contribution is 8.15. The minimum atomic E-state index is 0.0370. The van der Waals surface area contributed by atoms with Crippen LogP contribution in [-0.4, -0.2) is 20.9 Å². The minimum Gasteiger partial charge on any atom is -0.292 e. The quantitative estimate of drug-likeness (QED) is 0.758. The largest absolute Gasteiger partial charge is 0.292 e. The third-order valence-corrected chi connectivity index (χ3v) is 3.78. The van der Waals surface area contributed by atoms with Crippen LogP contribution >= 0.6 is 35.6 Å². The maximum atomic E-state index is 11.4. The van der Waals surface area contributed by atoms with Gasteiger partial charge in [0.1, 0.15) is 0 Å². The maximum Gasteiger partial charge on any atom is 0.287 e. The Hall–Kier alpha value is -0.580. The smallest absolute Gasteiger partial charge is 0.287 e. The summed E-state index contributed by atoms with van der Waals surface area (Å²) in [7, 11) is 0. The number of thiocarbonyl (C=S) groups is 1. The highest BCUT2D eigenvalue weighted by Gasteiger charge is 2.26. The standard InChI is InChI=1S/C10H8ClNOS2/c11-8-3-1-7(2-4-8)5-12-9(14)6-15-10(12)13/h1-4H,5-6H2. The van der Waals surface area contributed by atoms with Crippen molar-refractivity contribution >= 4 is 45.8 Å². The van der Waals surface area contributed by atoms with Crippen molar-refractivity contribution in [3.05, 3.63) is 34.9 Å². The van der Waals surface area contributed by atoms with E-state index in [1.807, 2.05) is 24.3 Å². The van der Waals surface area contributed by atoms with Gasteiger partial charge in [0.05, 0.1) is 17.3 Å². The maximum absolute atomic E-state index is 11.4. The van der Waals surface area contributed by atoms with Gasteiger partial charge >= 0.3 is 0 Å². The van der Waals surface area contributed by atoms with E-state index >= 15 is 0 Å². The van der Waals surface area contributed by atoms with Gasteiger partial charge in [-0.3, -0.25) is 9.69 Å². The van der Waals surface area contributed by atoms with Crippen LogP contribution in [0.25, 0.3) is 0 Å². The van der Waals surface area contributed by atoms with Crippen molar-refractivity contribution in [2.75, 3.05) is 5.75 Å². The lowest BCUT2D eigenvalue weighted by Crippen LogP contribution is -2.26. The molecule has 1 heterocycles. The molecule has 1 aliphatic rings. The highest BCUT2D eigenvalue weighted by Crippen LogP contribution is 2.22. The zero-order valence-electron chi connectivity index (χ0n) is 7.77.